The summed E-state index contributed by atoms with van der Waals surface area (Å²) >= 11 is 0. The second kappa shape index (κ2) is 8.05. The van der Waals surface area contributed by atoms with Gasteiger partial charge < -0.3 is 10.2 Å². The van der Waals surface area contributed by atoms with Crippen LogP contribution in [0.2, 0.25) is 0 Å². The van der Waals surface area contributed by atoms with Crippen LogP contribution < -0.4 is 0 Å². The van der Waals surface area contributed by atoms with Crippen molar-refractivity contribution in [3.8, 4) is 0 Å². The van der Waals surface area contributed by atoms with Crippen molar-refractivity contribution in [2.75, 3.05) is 0 Å². The van der Waals surface area contributed by atoms with Gasteiger partial charge in [0.1, 0.15) is 0 Å². The number of carboxylic acids is 1. The smallest absolute Gasteiger partial charge is 0.303 e. The van der Waals surface area contributed by atoms with Crippen molar-refractivity contribution in [1.29, 1.82) is 0 Å². The van der Waals surface area contributed by atoms with E-state index >= 15 is 0 Å². The summed E-state index contributed by atoms with van der Waals surface area (Å²) in [5.41, 5.74) is 0. The lowest BCUT2D eigenvalue weighted by molar-refractivity contribution is -0.137. The molecule has 13 heavy (non-hydrogen) atoms. The molecule has 0 amide bonds. The first-order valence-corrected chi connectivity index (χ1v) is 5.03. The summed E-state index contributed by atoms with van der Waals surface area (Å²) in [6.45, 7) is 1.80. The highest BCUT2D eigenvalue weighted by atomic mass is 16.4. The fraction of sp³-hybridized carbons (Fsp3) is 0.900. The highest BCUT2D eigenvalue weighted by molar-refractivity contribution is 5.66. The molecule has 0 aliphatic heterocycles. The van der Waals surface area contributed by atoms with Gasteiger partial charge in [-0.2, -0.15) is 0 Å². The third-order valence-corrected chi connectivity index (χ3v) is 2.01. The molecule has 3 nitrogen and oxygen atoms in total. The van der Waals surface area contributed by atoms with E-state index in [0.717, 1.165) is 38.5 Å². The normalized spacial score (nSPS) is 12.8. The summed E-state index contributed by atoms with van der Waals surface area (Å²) in [6, 6.07) is 0. The third kappa shape index (κ3) is 11.4. The molecular formula is C10H20O3. The lowest BCUT2D eigenvalue weighted by Gasteiger charge is -2.02. The number of rotatable bonds is 8. The molecule has 0 aliphatic carbocycles. The molecule has 0 heterocycles. The number of unbranched alkanes of at least 4 members (excludes halogenated alkanes) is 4. The molecule has 0 aromatic rings. The number of aliphatic carboxylic acids is 1. The molecular weight excluding hydrogens is 168 g/mol. The number of hydrogen-bond donors (Lipinski definition) is 2. The monoisotopic (exact) mass is 188 g/mol. The topological polar surface area (TPSA) is 57.5 Å². The summed E-state index contributed by atoms with van der Waals surface area (Å²) in [7, 11) is 0. The van der Waals surface area contributed by atoms with Gasteiger partial charge in [0.05, 0.1) is 6.10 Å². The van der Waals surface area contributed by atoms with Crippen LogP contribution in [0.15, 0.2) is 0 Å². The second-order valence-electron chi connectivity index (χ2n) is 3.55. The Labute approximate surface area is 79.8 Å². The third-order valence-electron chi connectivity index (χ3n) is 2.01. The molecule has 0 unspecified atom stereocenters. The maximum Gasteiger partial charge on any atom is 0.303 e. The maximum absolute atomic E-state index is 10.1. The van der Waals surface area contributed by atoms with Crippen LogP contribution in [0.1, 0.15) is 51.9 Å². The molecule has 0 fully saturated rings. The van der Waals surface area contributed by atoms with E-state index in [0.29, 0.717) is 0 Å². The van der Waals surface area contributed by atoms with E-state index in [2.05, 4.69) is 0 Å². The molecule has 0 saturated heterocycles. The first-order chi connectivity index (χ1) is 6.13. The van der Waals surface area contributed by atoms with Crippen LogP contribution in [0.4, 0.5) is 0 Å². The Morgan fingerprint density at radius 1 is 1.15 bits per heavy atom. The van der Waals surface area contributed by atoms with Crippen LogP contribution in [0.3, 0.4) is 0 Å². The van der Waals surface area contributed by atoms with E-state index in [4.69, 9.17) is 10.2 Å². The molecule has 0 aromatic heterocycles. The molecule has 0 aromatic carbocycles. The Morgan fingerprint density at radius 2 is 1.69 bits per heavy atom. The van der Waals surface area contributed by atoms with E-state index < -0.39 is 5.97 Å². The lowest BCUT2D eigenvalue weighted by atomic mass is 10.1. The summed E-state index contributed by atoms with van der Waals surface area (Å²) < 4.78 is 0. The average Bonchev–Trinajstić information content (AvgIpc) is 2.01. The lowest BCUT2D eigenvalue weighted by Crippen LogP contribution is -1.98. The van der Waals surface area contributed by atoms with Crippen molar-refractivity contribution >= 4 is 5.97 Å². The van der Waals surface area contributed by atoms with Crippen molar-refractivity contribution in [3.63, 3.8) is 0 Å². The number of hydrogen-bond acceptors (Lipinski definition) is 2. The zero-order valence-corrected chi connectivity index (χ0v) is 8.33. The van der Waals surface area contributed by atoms with Crippen LogP contribution in [0.5, 0.6) is 0 Å². The molecule has 78 valence electrons. The Hall–Kier alpha value is -0.570. The summed E-state index contributed by atoms with van der Waals surface area (Å²) in [5, 5.41) is 17.3. The Kier molecular flexibility index (Phi) is 7.69. The van der Waals surface area contributed by atoms with Gasteiger partial charge in [0.15, 0.2) is 0 Å². The fourth-order valence-corrected chi connectivity index (χ4v) is 1.25. The number of aliphatic hydroxyl groups is 1. The quantitative estimate of drug-likeness (QED) is 0.574. The van der Waals surface area contributed by atoms with E-state index in [-0.39, 0.29) is 12.5 Å². The molecule has 0 radical (unpaired) electrons. The second-order valence-corrected chi connectivity index (χ2v) is 3.55. The van der Waals surface area contributed by atoms with Crippen LogP contribution in [0, 0.1) is 0 Å². The number of aliphatic hydroxyl groups excluding tert-OH is 1. The Morgan fingerprint density at radius 3 is 2.23 bits per heavy atom. The zero-order chi connectivity index (χ0) is 10.1. The highest BCUT2D eigenvalue weighted by Crippen LogP contribution is 2.08. The van der Waals surface area contributed by atoms with Gasteiger partial charge in [-0.15, -0.1) is 0 Å². The van der Waals surface area contributed by atoms with Gasteiger partial charge in [-0.3, -0.25) is 4.79 Å². The maximum atomic E-state index is 10.1. The van der Waals surface area contributed by atoms with E-state index in [1.165, 1.54) is 0 Å². The number of carbonyl (C=O) groups is 1. The molecule has 0 aliphatic rings. The van der Waals surface area contributed by atoms with Crippen molar-refractivity contribution in [1.82, 2.24) is 0 Å². The van der Waals surface area contributed by atoms with Crippen molar-refractivity contribution in [3.05, 3.63) is 0 Å². The first-order valence-electron chi connectivity index (χ1n) is 5.03. The van der Waals surface area contributed by atoms with Crippen LogP contribution in [-0.2, 0) is 4.79 Å². The Balaban J connectivity index is 2.96. The molecule has 2 N–H and O–H groups in total. The predicted octanol–water partition coefficient (Wildman–Crippen LogP) is 2.18. The van der Waals surface area contributed by atoms with Crippen LogP contribution >= 0.6 is 0 Å². The van der Waals surface area contributed by atoms with Gasteiger partial charge in [0.2, 0.25) is 0 Å². The molecule has 3 heteroatoms. The van der Waals surface area contributed by atoms with Crippen molar-refractivity contribution in [2.45, 2.75) is 58.0 Å². The summed E-state index contributed by atoms with van der Waals surface area (Å²) in [4.78, 5) is 10.1. The standard InChI is InChI=1S/C10H20O3/c1-9(11)7-5-3-2-4-6-8-10(12)13/h9,11H,2-8H2,1H3,(H,12,13)/t9-/m1/s1. The SMILES string of the molecule is C[C@@H](O)CCCCCCCC(=O)O. The molecule has 0 saturated carbocycles. The van der Waals surface area contributed by atoms with E-state index in [1.54, 1.807) is 6.92 Å². The first kappa shape index (κ1) is 12.4. The largest absolute Gasteiger partial charge is 0.481 e. The highest BCUT2D eigenvalue weighted by Gasteiger charge is 1.97. The minimum Gasteiger partial charge on any atom is -0.481 e. The van der Waals surface area contributed by atoms with Gasteiger partial charge in [-0.25, -0.2) is 0 Å². The summed E-state index contributed by atoms with van der Waals surface area (Å²) in [5.74, 6) is -0.705. The predicted molar refractivity (Wildman–Crippen MR) is 51.6 cm³/mol. The molecule has 0 rings (SSSR count). The average molecular weight is 188 g/mol. The van der Waals surface area contributed by atoms with Crippen molar-refractivity contribution in [2.24, 2.45) is 0 Å². The van der Waals surface area contributed by atoms with Gasteiger partial charge in [0.25, 0.3) is 0 Å². The van der Waals surface area contributed by atoms with Crippen molar-refractivity contribution < 1.29 is 15.0 Å². The van der Waals surface area contributed by atoms with Gasteiger partial charge in [-0.05, 0) is 19.8 Å². The zero-order valence-electron chi connectivity index (χ0n) is 8.33. The molecule has 1 atom stereocenters. The van der Waals surface area contributed by atoms with E-state index in [1.807, 2.05) is 0 Å². The molecule has 0 spiro atoms. The fourth-order valence-electron chi connectivity index (χ4n) is 1.25. The minimum atomic E-state index is -0.705. The van der Waals surface area contributed by atoms with Crippen LogP contribution in [-0.4, -0.2) is 22.3 Å². The summed E-state index contributed by atoms with van der Waals surface area (Å²) in [6.07, 6.45) is 5.96. The minimum absolute atomic E-state index is 0.195. The van der Waals surface area contributed by atoms with Gasteiger partial charge >= 0.3 is 5.97 Å². The van der Waals surface area contributed by atoms with Crippen LogP contribution in [0.25, 0.3) is 0 Å². The van der Waals surface area contributed by atoms with E-state index in [9.17, 15) is 4.79 Å². The Bertz CT molecular complexity index is 132. The number of carboxylic acid groups (broad SMARTS) is 1. The van der Waals surface area contributed by atoms with Gasteiger partial charge in [-0.1, -0.05) is 25.7 Å². The molecule has 0 bridgehead atoms. The van der Waals surface area contributed by atoms with Gasteiger partial charge in [0, 0.05) is 6.42 Å².